The van der Waals surface area contributed by atoms with Crippen LogP contribution in [0.3, 0.4) is 0 Å². The van der Waals surface area contributed by atoms with Gasteiger partial charge in [-0.2, -0.15) is 0 Å². The van der Waals surface area contributed by atoms with Crippen molar-refractivity contribution in [1.29, 1.82) is 0 Å². The third-order valence-corrected chi connectivity index (χ3v) is 3.54. The van der Waals surface area contributed by atoms with Gasteiger partial charge in [0, 0.05) is 13.1 Å². The molecule has 0 bridgehead atoms. The van der Waals surface area contributed by atoms with Crippen molar-refractivity contribution in [2.75, 3.05) is 26.8 Å². The van der Waals surface area contributed by atoms with E-state index in [1.165, 1.54) is 6.42 Å². The van der Waals surface area contributed by atoms with Crippen LogP contribution < -0.4 is 14.9 Å². The molecule has 1 fully saturated rings. The summed E-state index contributed by atoms with van der Waals surface area (Å²) in [5, 5.41) is 1.96. The fraction of sp³-hybridized carbons (Fsp3) is 0.471. The maximum Gasteiger partial charge on any atom is 0.272 e. The fourth-order valence-corrected chi connectivity index (χ4v) is 2.46. The van der Waals surface area contributed by atoms with E-state index < -0.39 is 0 Å². The number of carbonyl (C=O) groups excluding carboxylic acids is 1. The van der Waals surface area contributed by atoms with Gasteiger partial charge in [-0.25, -0.2) is 5.01 Å². The van der Waals surface area contributed by atoms with Gasteiger partial charge in [0.05, 0.1) is 7.11 Å². The molecule has 1 aromatic rings. The number of hydrogen-bond acceptors (Lipinski definition) is 4. The third kappa shape index (κ3) is 4.77. The van der Waals surface area contributed by atoms with Crippen LogP contribution in [-0.4, -0.2) is 37.7 Å². The summed E-state index contributed by atoms with van der Waals surface area (Å²) in [5.74, 6) is 1.06. The molecule has 1 saturated heterocycles. The molecule has 0 aromatic heterocycles. The Bertz CT molecular complexity index is 523. The largest absolute Gasteiger partial charge is 0.493 e. The Morgan fingerprint density at radius 1 is 1.27 bits per heavy atom. The van der Waals surface area contributed by atoms with Gasteiger partial charge in [-0.1, -0.05) is 24.6 Å². The van der Waals surface area contributed by atoms with Crippen LogP contribution in [0.4, 0.5) is 0 Å². The molecule has 0 radical (unpaired) electrons. The summed E-state index contributed by atoms with van der Waals surface area (Å²) < 4.78 is 10.9. The number of hydrogen-bond donors (Lipinski definition) is 1. The molecular weight excluding hydrogens is 280 g/mol. The molecule has 5 heteroatoms. The zero-order valence-corrected chi connectivity index (χ0v) is 13.3. The van der Waals surface area contributed by atoms with Gasteiger partial charge in [-0.3, -0.25) is 10.2 Å². The summed E-state index contributed by atoms with van der Waals surface area (Å²) in [7, 11) is 1.59. The smallest absolute Gasteiger partial charge is 0.272 e. The highest BCUT2D eigenvalue weighted by atomic mass is 16.5. The monoisotopic (exact) mass is 304 g/mol. The van der Waals surface area contributed by atoms with Crippen LogP contribution in [0.25, 0.3) is 6.08 Å². The van der Waals surface area contributed by atoms with E-state index in [9.17, 15) is 4.79 Å². The van der Waals surface area contributed by atoms with Crippen LogP contribution in [0.15, 0.2) is 24.3 Å². The summed E-state index contributed by atoms with van der Waals surface area (Å²) in [6, 6.07) is 5.64. The van der Waals surface area contributed by atoms with Gasteiger partial charge < -0.3 is 9.47 Å². The lowest BCUT2D eigenvalue weighted by molar-refractivity contribution is -0.128. The molecule has 2 rings (SSSR count). The molecular formula is C17H24N2O3. The topological polar surface area (TPSA) is 50.8 Å². The summed E-state index contributed by atoms with van der Waals surface area (Å²) >= 11 is 0. The van der Waals surface area contributed by atoms with Gasteiger partial charge in [0.25, 0.3) is 5.91 Å². The van der Waals surface area contributed by atoms with Crippen LogP contribution in [0.1, 0.15) is 31.7 Å². The standard InChI is InChI=1S/C17H24N2O3/c1-3-7-14-8-9-15(16(12-14)21-2)22-13-17(20)18-19-10-5-4-6-11-19/h3,7-9,12H,4-6,10-11,13H2,1-2H3,(H,18,20)/b7-3+. The van der Waals surface area contributed by atoms with E-state index in [0.717, 1.165) is 31.5 Å². The van der Waals surface area contributed by atoms with Crippen molar-refractivity contribution in [3.63, 3.8) is 0 Å². The first-order valence-corrected chi connectivity index (χ1v) is 7.71. The number of methoxy groups -OCH3 is 1. The van der Waals surface area contributed by atoms with Crippen molar-refractivity contribution in [3.8, 4) is 11.5 Å². The number of amides is 1. The molecule has 22 heavy (non-hydrogen) atoms. The van der Waals surface area contributed by atoms with Crippen LogP contribution in [0.5, 0.6) is 11.5 Å². The lowest BCUT2D eigenvalue weighted by atomic mass is 10.2. The van der Waals surface area contributed by atoms with E-state index >= 15 is 0 Å². The third-order valence-electron chi connectivity index (χ3n) is 3.54. The predicted molar refractivity (Wildman–Crippen MR) is 86.8 cm³/mol. The average Bonchev–Trinajstić information content (AvgIpc) is 2.54. The molecule has 5 nitrogen and oxygen atoms in total. The number of piperidine rings is 1. The number of ether oxygens (including phenoxy) is 2. The van der Waals surface area contributed by atoms with E-state index in [2.05, 4.69) is 5.43 Å². The second kappa shape index (κ2) is 8.44. The first-order valence-electron chi connectivity index (χ1n) is 7.71. The number of allylic oxidation sites excluding steroid dienone is 1. The molecule has 0 unspecified atom stereocenters. The number of carbonyl (C=O) groups is 1. The Kier molecular flexibility index (Phi) is 6.27. The second-order valence-corrected chi connectivity index (χ2v) is 5.28. The zero-order chi connectivity index (χ0) is 15.8. The Morgan fingerprint density at radius 2 is 2.05 bits per heavy atom. The van der Waals surface area contributed by atoms with Crippen LogP contribution in [0, 0.1) is 0 Å². The van der Waals surface area contributed by atoms with Gasteiger partial charge in [0.2, 0.25) is 0 Å². The first kappa shape index (κ1) is 16.4. The Morgan fingerprint density at radius 3 is 2.73 bits per heavy atom. The number of nitrogens with one attached hydrogen (secondary N) is 1. The van der Waals surface area contributed by atoms with E-state index in [1.54, 1.807) is 7.11 Å². The summed E-state index contributed by atoms with van der Waals surface area (Å²) in [6.07, 6.45) is 7.43. The van der Waals surface area contributed by atoms with Gasteiger partial charge in [0.15, 0.2) is 18.1 Å². The molecule has 1 aromatic carbocycles. The molecule has 1 N–H and O–H groups in total. The molecule has 0 saturated carbocycles. The SMILES string of the molecule is C/C=C/c1ccc(OCC(=O)NN2CCCCC2)c(OC)c1. The highest BCUT2D eigenvalue weighted by molar-refractivity contribution is 5.77. The Balaban J connectivity index is 1.88. The molecule has 1 aliphatic rings. The van der Waals surface area contributed by atoms with Crippen molar-refractivity contribution < 1.29 is 14.3 Å². The van der Waals surface area contributed by atoms with Crippen molar-refractivity contribution in [2.45, 2.75) is 26.2 Å². The van der Waals surface area contributed by atoms with Gasteiger partial charge in [-0.15, -0.1) is 0 Å². The van der Waals surface area contributed by atoms with E-state index in [-0.39, 0.29) is 12.5 Å². The lowest BCUT2D eigenvalue weighted by Gasteiger charge is -2.26. The number of hydrazine groups is 1. The summed E-state index contributed by atoms with van der Waals surface area (Å²) in [6.45, 7) is 3.76. The second-order valence-electron chi connectivity index (χ2n) is 5.28. The summed E-state index contributed by atoms with van der Waals surface area (Å²) in [4.78, 5) is 11.9. The van der Waals surface area contributed by atoms with Crippen LogP contribution >= 0.6 is 0 Å². The lowest BCUT2D eigenvalue weighted by Crippen LogP contribution is -2.46. The highest BCUT2D eigenvalue weighted by Gasteiger charge is 2.14. The molecule has 0 aliphatic carbocycles. The number of benzene rings is 1. The fourth-order valence-electron chi connectivity index (χ4n) is 2.46. The molecule has 120 valence electrons. The van der Waals surface area contributed by atoms with Gasteiger partial charge in [0.1, 0.15) is 0 Å². The predicted octanol–water partition coefficient (Wildman–Crippen LogP) is 2.62. The van der Waals surface area contributed by atoms with E-state index in [1.807, 2.05) is 42.3 Å². The van der Waals surface area contributed by atoms with Crippen LogP contribution in [-0.2, 0) is 4.79 Å². The van der Waals surface area contributed by atoms with Crippen molar-refractivity contribution >= 4 is 12.0 Å². The average molecular weight is 304 g/mol. The van der Waals surface area contributed by atoms with Crippen molar-refractivity contribution in [3.05, 3.63) is 29.8 Å². The number of rotatable bonds is 6. The minimum absolute atomic E-state index is 0.0180. The van der Waals surface area contributed by atoms with E-state index in [4.69, 9.17) is 9.47 Å². The molecule has 1 amide bonds. The Labute approximate surface area is 131 Å². The number of nitrogens with zero attached hydrogens (tertiary/aromatic N) is 1. The maximum absolute atomic E-state index is 11.9. The maximum atomic E-state index is 11.9. The zero-order valence-electron chi connectivity index (χ0n) is 13.3. The molecule has 1 heterocycles. The van der Waals surface area contributed by atoms with E-state index in [0.29, 0.717) is 11.5 Å². The van der Waals surface area contributed by atoms with Crippen molar-refractivity contribution in [1.82, 2.24) is 10.4 Å². The quantitative estimate of drug-likeness (QED) is 0.878. The van der Waals surface area contributed by atoms with Crippen molar-refractivity contribution in [2.24, 2.45) is 0 Å². The van der Waals surface area contributed by atoms with Crippen LogP contribution in [0.2, 0.25) is 0 Å². The summed E-state index contributed by atoms with van der Waals surface area (Å²) in [5.41, 5.74) is 3.91. The Hall–Kier alpha value is -2.01. The molecule has 0 spiro atoms. The molecule has 1 aliphatic heterocycles. The van der Waals surface area contributed by atoms with Gasteiger partial charge >= 0.3 is 0 Å². The highest BCUT2D eigenvalue weighted by Crippen LogP contribution is 2.28. The molecule has 0 atom stereocenters. The minimum Gasteiger partial charge on any atom is -0.493 e. The minimum atomic E-state index is -0.138. The van der Waals surface area contributed by atoms with Gasteiger partial charge in [-0.05, 0) is 37.5 Å². The normalized spacial score (nSPS) is 15.7. The first-order chi connectivity index (χ1) is 10.7.